The first-order chi connectivity index (χ1) is 6.16. The summed E-state index contributed by atoms with van der Waals surface area (Å²) in [6.07, 6.45) is 8.62. The average Bonchev–Trinajstić information content (AvgIpc) is 2.10. The average molecular weight is 182 g/mol. The third-order valence-electron chi connectivity index (χ3n) is 1.58. The fourth-order valence-corrected chi connectivity index (χ4v) is 0.874. The minimum Gasteiger partial charge on any atom is -0.466 e. The number of hydrogen-bond donors (Lipinski definition) is 0. The van der Waals surface area contributed by atoms with Crippen LogP contribution in [0.15, 0.2) is 23.8 Å². The van der Waals surface area contributed by atoms with E-state index in [9.17, 15) is 4.79 Å². The number of allylic oxidation sites excluding steroid dienone is 3. The molecule has 0 N–H and O–H groups in total. The molecular formula is C11H18O2. The van der Waals surface area contributed by atoms with E-state index in [-0.39, 0.29) is 5.97 Å². The molecule has 0 spiro atoms. The van der Waals surface area contributed by atoms with E-state index in [1.807, 2.05) is 6.08 Å². The maximum Gasteiger partial charge on any atom is 0.330 e. The lowest BCUT2D eigenvalue weighted by atomic mass is 10.2. The molecule has 0 fully saturated rings. The summed E-state index contributed by atoms with van der Waals surface area (Å²) in [7, 11) is 1.38. The van der Waals surface area contributed by atoms with E-state index < -0.39 is 0 Å². The van der Waals surface area contributed by atoms with Gasteiger partial charge in [0.25, 0.3) is 0 Å². The number of hydrogen-bond acceptors (Lipinski definition) is 2. The zero-order chi connectivity index (χ0) is 10.1. The van der Waals surface area contributed by atoms with Crippen molar-refractivity contribution >= 4 is 5.97 Å². The van der Waals surface area contributed by atoms with Crippen LogP contribution in [-0.2, 0) is 9.53 Å². The van der Waals surface area contributed by atoms with Crippen molar-refractivity contribution in [3.8, 4) is 0 Å². The molecule has 0 unspecified atom stereocenters. The zero-order valence-corrected chi connectivity index (χ0v) is 8.67. The summed E-state index contributed by atoms with van der Waals surface area (Å²) in [5.74, 6) is -0.276. The molecule has 0 saturated carbocycles. The molecular weight excluding hydrogens is 164 g/mol. The highest BCUT2D eigenvalue weighted by molar-refractivity contribution is 5.81. The molecule has 0 bridgehead atoms. The molecule has 0 saturated heterocycles. The van der Waals surface area contributed by atoms with Gasteiger partial charge in [-0.15, -0.1) is 0 Å². The SMILES string of the molecule is COC(=O)/C=C/CCCC=C(C)C. The van der Waals surface area contributed by atoms with Gasteiger partial charge in [0.15, 0.2) is 0 Å². The van der Waals surface area contributed by atoms with Crippen LogP contribution in [0, 0.1) is 0 Å². The highest BCUT2D eigenvalue weighted by Crippen LogP contribution is 2.01. The molecule has 0 aromatic carbocycles. The smallest absolute Gasteiger partial charge is 0.330 e. The van der Waals surface area contributed by atoms with Crippen LogP contribution in [0.2, 0.25) is 0 Å². The summed E-state index contributed by atoms with van der Waals surface area (Å²) >= 11 is 0. The van der Waals surface area contributed by atoms with Gasteiger partial charge in [-0.05, 0) is 33.1 Å². The lowest BCUT2D eigenvalue weighted by Crippen LogP contribution is -1.93. The second-order valence-corrected chi connectivity index (χ2v) is 3.14. The predicted molar refractivity (Wildman–Crippen MR) is 54.4 cm³/mol. The number of carbonyl (C=O) groups is 1. The van der Waals surface area contributed by atoms with Crippen LogP contribution in [0.5, 0.6) is 0 Å². The molecule has 0 aliphatic rings. The van der Waals surface area contributed by atoms with Gasteiger partial charge in [0, 0.05) is 6.08 Å². The molecule has 13 heavy (non-hydrogen) atoms. The Kier molecular flexibility index (Phi) is 6.98. The Balaban J connectivity index is 3.41. The number of unbranched alkanes of at least 4 members (excludes halogenated alkanes) is 2. The lowest BCUT2D eigenvalue weighted by molar-refractivity contribution is -0.134. The van der Waals surface area contributed by atoms with E-state index in [4.69, 9.17) is 0 Å². The number of methoxy groups -OCH3 is 1. The standard InChI is InChI=1S/C11H18O2/c1-10(2)8-6-4-5-7-9-11(12)13-3/h7-9H,4-6H2,1-3H3/b9-7+. The molecule has 0 aliphatic heterocycles. The fraction of sp³-hybridized carbons (Fsp3) is 0.545. The Hall–Kier alpha value is -1.05. The largest absolute Gasteiger partial charge is 0.466 e. The minimum atomic E-state index is -0.276. The highest BCUT2D eigenvalue weighted by Gasteiger charge is 1.88. The van der Waals surface area contributed by atoms with Crippen LogP contribution in [0.4, 0.5) is 0 Å². The number of esters is 1. The van der Waals surface area contributed by atoms with Crippen LogP contribution in [0.25, 0.3) is 0 Å². The quantitative estimate of drug-likeness (QED) is 0.283. The molecule has 2 heteroatoms. The Morgan fingerprint density at radius 2 is 2.00 bits per heavy atom. The van der Waals surface area contributed by atoms with Gasteiger partial charge >= 0.3 is 5.97 Å². The molecule has 0 amide bonds. The van der Waals surface area contributed by atoms with Crippen molar-refractivity contribution in [3.63, 3.8) is 0 Å². The Morgan fingerprint density at radius 3 is 2.54 bits per heavy atom. The Labute approximate surface area is 80.3 Å². The van der Waals surface area contributed by atoms with Crippen molar-refractivity contribution in [1.82, 2.24) is 0 Å². The molecule has 0 aromatic rings. The van der Waals surface area contributed by atoms with Crippen LogP contribution in [0.3, 0.4) is 0 Å². The summed E-state index contributed by atoms with van der Waals surface area (Å²) in [5, 5.41) is 0. The van der Waals surface area contributed by atoms with Crippen molar-refractivity contribution in [2.75, 3.05) is 7.11 Å². The topological polar surface area (TPSA) is 26.3 Å². The van der Waals surface area contributed by atoms with Crippen molar-refractivity contribution in [2.24, 2.45) is 0 Å². The normalized spacial score (nSPS) is 10.1. The summed E-state index contributed by atoms with van der Waals surface area (Å²) < 4.78 is 4.46. The van der Waals surface area contributed by atoms with Gasteiger partial charge < -0.3 is 4.74 Å². The molecule has 0 atom stereocenters. The molecule has 2 nitrogen and oxygen atoms in total. The molecule has 0 heterocycles. The minimum absolute atomic E-state index is 0.276. The zero-order valence-electron chi connectivity index (χ0n) is 8.67. The van der Waals surface area contributed by atoms with Crippen LogP contribution >= 0.6 is 0 Å². The first-order valence-electron chi connectivity index (χ1n) is 4.54. The van der Waals surface area contributed by atoms with Crippen LogP contribution in [-0.4, -0.2) is 13.1 Å². The Morgan fingerprint density at radius 1 is 1.31 bits per heavy atom. The van der Waals surface area contributed by atoms with Gasteiger partial charge in [-0.1, -0.05) is 17.7 Å². The van der Waals surface area contributed by atoms with Crippen LogP contribution in [0.1, 0.15) is 33.1 Å². The Bertz CT molecular complexity index is 198. The van der Waals surface area contributed by atoms with Gasteiger partial charge in [0.2, 0.25) is 0 Å². The summed E-state index contributed by atoms with van der Waals surface area (Å²) in [6, 6.07) is 0. The summed E-state index contributed by atoms with van der Waals surface area (Å²) in [6.45, 7) is 4.18. The highest BCUT2D eigenvalue weighted by atomic mass is 16.5. The molecule has 74 valence electrons. The maximum atomic E-state index is 10.6. The van der Waals surface area contributed by atoms with Crippen molar-refractivity contribution in [1.29, 1.82) is 0 Å². The predicted octanol–water partition coefficient (Wildman–Crippen LogP) is 2.85. The molecule has 0 radical (unpaired) electrons. The van der Waals surface area contributed by atoms with E-state index in [0.29, 0.717) is 0 Å². The number of rotatable bonds is 5. The third kappa shape index (κ3) is 8.86. The van der Waals surface area contributed by atoms with Gasteiger partial charge in [0.05, 0.1) is 7.11 Å². The summed E-state index contributed by atoms with van der Waals surface area (Å²) in [5.41, 5.74) is 1.34. The van der Waals surface area contributed by atoms with E-state index in [2.05, 4.69) is 24.7 Å². The lowest BCUT2D eigenvalue weighted by Gasteiger charge is -1.92. The van der Waals surface area contributed by atoms with Gasteiger partial charge in [-0.2, -0.15) is 0 Å². The van der Waals surface area contributed by atoms with Gasteiger partial charge in [0.1, 0.15) is 0 Å². The fourth-order valence-electron chi connectivity index (χ4n) is 0.874. The monoisotopic (exact) mass is 182 g/mol. The van der Waals surface area contributed by atoms with E-state index in [0.717, 1.165) is 19.3 Å². The maximum absolute atomic E-state index is 10.6. The second kappa shape index (κ2) is 7.59. The van der Waals surface area contributed by atoms with E-state index in [1.54, 1.807) is 0 Å². The molecule has 0 rings (SSSR count). The number of carbonyl (C=O) groups excluding carboxylic acids is 1. The van der Waals surface area contributed by atoms with Crippen LogP contribution < -0.4 is 0 Å². The van der Waals surface area contributed by atoms with E-state index in [1.165, 1.54) is 18.8 Å². The molecule has 0 aliphatic carbocycles. The first-order valence-corrected chi connectivity index (χ1v) is 4.54. The van der Waals surface area contributed by atoms with Gasteiger partial charge in [-0.25, -0.2) is 4.79 Å². The summed E-state index contributed by atoms with van der Waals surface area (Å²) in [4.78, 5) is 10.6. The van der Waals surface area contributed by atoms with Gasteiger partial charge in [-0.3, -0.25) is 0 Å². The van der Waals surface area contributed by atoms with Crippen molar-refractivity contribution in [3.05, 3.63) is 23.8 Å². The van der Waals surface area contributed by atoms with E-state index >= 15 is 0 Å². The van der Waals surface area contributed by atoms with Crippen molar-refractivity contribution in [2.45, 2.75) is 33.1 Å². The van der Waals surface area contributed by atoms with Crippen molar-refractivity contribution < 1.29 is 9.53 Å². The molecule has 0 aromatic heterocycles. The second-order valence-electron chi connectivity index (χ2n) is 3.14. The first kappa shape index (κ1) is 11.9. The number of ether oxygens (including phenoxy) is 1. The third-order valence-corrected chi connectivity index (χ3v) is 1.58.